The molecule has 0 bridgehead atoms. The third-order valence-corrected chi connectivity index (χ3v) is 3.74. The molecule has 0 fully saturated rings. The molecule has 22 heavy (non-hydrogen) atoms. The molecule has 0 atom stereocenters. The topological polar surface area (TPSA) is 71.1 Å². The van der Waals surface area contributed by atoms with Crippen molar-refractivity contribution in [1.82, 2.24) is 0 Å². The van der Waals surface area contributed by atoms with Crippen molar-refractivity contribution in [2.75, 3.05) is 19.7 Å². The molecule has 0 aliphatic rings. The highest BCUT2D eigenvalue weighted by atomic mass is 31.2. The number of ether oxygens (including phenoxy) is 2. The molecule has 0 rings (SSSR count). The molecule has 0 spiro atoms. The van der Waals surface area contributed by atoms with Gasteiger partial charge in [0.05, 0.1) is 11.8 Å². The van der Waals surface area contributed by atoms with Gasteiger partial charge < -0.3 is 9.47 Å². The van der Waals surface area contributed by atoms with Crippen LogP contribution in [0.4, 0.5) is 0 Å². The van der Waals surface area contributed by atoms with Crippen LogP contribution < -0.4 is 0 Å². The molecule has 0 aromatic carbocycles. The van der Waals surface area contributed by atoms with E-state index in [-0.39, 0.29) is 37.4 Å². The molecule has 0 aliphatic heterocycles. The van der Waals surface area contributed by atoms with Gasteiger partial charge in [-0.25, -0.2) is 0 Å². The summed E-state index contributed by atoms with van der Waals surface area (Å²) in [4.78, 5) is 22.5. The Morgan fingerprint density at radius 1 is 0.864 bits per heavy atom. The van der Waals surface area contributed by atoms with Crippen LogP contribution in [-0.4, -0.2) is 31.7 Å². The minimum absolute atomic E-state index is 0.138. The monoisotopic (exact) mass is 338 g/mol. The number of hydrogen-bond acceptors (Lipinski definition) is 6. The van der Waals surface area contributed by atoms with E-state index in [1.165, 1.54) is 0 Å². The lowest BCUT2D eigenvalue weighted by molar-refractivity contribution is -0.155. The van der Waals surface area contributed by atoms with Crippen molar-refractivity contribution in [1.29, 1.82) is 0 Å². The summed E-state index contributed by atoms with van der Waals surface area (Å²) in [6.07, 6.45) is 1.55. The quantitative estimate of drug-likeness (QED) is 0.339. The van der Waals surface area contributed by atoms with Crippen LogP contribution in [-0.2, 0) is 28.1 Å². The van der Waals surface area contributed by atoms with E-state index in [9.17, 15) is 9.59 Å². The number of carbonyl (C=O) groups excluding carboxylic acids is 2. The fraction of sp³-hybridized carbons (Fsp3) is 0.867. The summed E-state index contributed by atoms with van der Waals surface area (Å²) in [5, 5.41) is 0. The van der Waals surface area contributed by atoms with Gasteiger partial charge in [0, 0.05) is 6.16 Å². The average molecular weight is 338 g/mol. The van der Waals surface area contributed by atoms with E-state index in [4.69, 9.17) is 18.5 Å². The molecule has 0 heterocycles. The zero-order valence-corrected chi connectivity index (χ0v) is 15.8. The molecule has 0 aromatic heterocycles. The maximum Gasteiger partial charge on any atom is 0.310 e. The van der Waals surface area contributed by atoms with Crippen molar-refractivity contribution in [3.8, 4) is 0 Å². The predicted molar refractivity (Wildman–Crippen MR) is 87.2 cm³/mol. The molecule has 0 saturated carbocycles. The lowest BCUT2D eigenvalue weighted by atomic mass is 10.2. The first-order valence-corrected chi connectivity index (χ1v) is 9.11. The van der Waals surface area contributed by atoms with Gasteiger partial charge in [0.25, 0.3) is 0 Å². The second-order valence-corrected chi connectivity index (χ2v) is 6.42. The first kappa shape index (κ1) is 23.6. The summed E-state index contributed by atoms with van der Waals surface area (Å²) in [7, 11) is -1.22. The Labute approximate surface area is 135 Å². The van der Waals surface area contributed by atoms with E-state index in [1.807, 2.05) is 20.8 Å². The Kier molecular flexibility index (Phi) is 16.3. The summed E-state index contributed by atoms with van der Waals surface area (Å²) in [5.74, 6) is -1.02. The summed E-state index contributed by atoms with van der Waals surface area (Å²) in [5.41, 5.74) is 0. The molecule has 132 valence electrons. The molecule has 7 heteroatoms. The molecule has 0 aromatic rings. The van der Waals surface area contributed by atoms with Crippen LogP contribution in [0.1, 0.15) is 54.9 Å². The Morgan fingerprint density at radius 2 is 1.23 bits per heavy atom. The van der Waals surface area contributed by atoms with Crippen LogP contribution in [0.2, 0.25) is 0 Å². The van der Waals surface area contributed by atoms with E-state index in [0.29, 0.717) is 6.16 Å². The zero-order valence-electron chi connectivity index (χ0n) is 14.9. The van der Waals surface area contributed by atoms with Gasteiger partial charge in [0.15, 0.2) is 22.0 Å². The van der Waals surface area contributed by atoms with Crippen molar-refractivity contribution >= 4 is 20.3 Å². The largest absolute Gasteiger partial charge is 0.438 e. The smallest absolute Gasteiger partial charge is 0.310 e. The SMILES string of the molecule is CC.CCCP(OCOC(=O)C(C)C)OCOC(=O)C(C)C. The summed E-state index contributed by atoms with van der Waals surface area (Å²) in [6.45, 7) is 12.7. The van der Waals surface area contributed by atoms with Crippen LogP contribution in [0.5, 0.6) is 0 Å². The van der Waals surface area contributed by atoms with E-state index in [2.05, 4.69) is 0 Å². The lowest BCUT2D eigenvalue weighted by Gasteiger charge is -2.17. The molecule has 6 nitrogen and oxygen atoms in total. The van der Waals surface area contributed by atoms with Gasteiger partial charge in [-0.2, -0.15) is 0 Å². The van der Waals surface area contributed by atoms with Crippen molar-refractivity contribution in [3.05, 3.63) is 0 Å². The molecule has 0 N–H and O–H groups in total. The van der Waals surface area contributed by atoms with Crippen molar-refractivity contribution in [3.63, 3.8) is 0 Å². The molecule has 0 unspecified atom stereocenters. The van der Waals surface area contributed by atoms with Gasteiger partial charge in [0.1, 0.15) is 0 Å². The highest BCUT2D eigenvalue weighted by Crippen LogP contribution is 2.38. The highest BCUT2D eigenvalue weighted by Gasteiger charge is 2.14. The lowest BCUT2D eigenvalue weighted by Crippen LogP contribution is -2.15. The van der Waals surface area contributed by atoms with E-state index >= 15 is 0 Å². The third-order valence-electron chi connectivity index (χ3n) is 2.14. The average Bonchev–Trinajstić information content (AvgIpc) is 2.48. The first-order valence-electron chi connectivity index (χ1n) is 7.75. The summed E-state index contributed by atoms with van der Waals surface area (Å²) >= 11 is 0. The highest BCUT2D eigenvalue weighted by molar-refractivity contribution is 7.47. The van der Waals surface area contributed by atoms with E-state index in [1.54, 1.807) is 27.7 Å². The number of esters is 2. The minimum Gasteiger partial charge on any atom is -0.438 e. The molecule has 0 radical (unpaired) electrons. The molecular weight excluding hydrogens is 307 g/mol. The Morgan fingerprint density at radius 3 is 1.50 bits per heavy atom. The van der Waals surface area contributed by atoms with Crippen molar-refractivity contribution in [2.24, 2.45) is 11.8 Å². The zero-order chi connectivity index (χ0) is 17.5. The van der Waals surface area contributed by atoms with Crippen LogP contribution in [0.25, 0.3) is 0 Å². The van der Waals surface area contributed by atoms with E-state index < -0.39 is 8.38 Å². The van der Waals surface area contributed by atoms with Gasteiger partial charge >= 0.3 is 11.9 Å². The number of carbonyl (C=O) groups is 2. The van der Waals surface area contributed by atoms with Gasteiger partial charge in [-0.3, -0.25) is 18.6 Å². The van der Waals surface area contributed by atoms with Crippen molar-refractivity contribution < 1.29 is 28.1 Å². The standard InChI is InChI=1S/C13H25O6P.C2H6/c1-6-7-20(18-8-16-12(14)10(2)3)19-9-17-13(15)11(4)5;1-2/h10-11H,6-9H2,1-5H3;1-2H3. The fourth-order valence-electron chi connectivity index (χ4n) is 0.969. The third kappa shape index (κ3) is 13.0. The Balaban J connectivity index is 0. The fourth-order valence-corrected chi connectivity index (χ4v) is 2.01. The number of rotatable bonds is 10. The summed E-state index contributed by atoms with van der Waals surface area (Å²) < 4.78 is 20.5. The van der Waals surface area contributed by atoms with Crippen LogP contribution >= 0.6 is 8.38 Å². The maximum absolute atomic E-state index is 11.3. The van der Waals surface area contributed by atoms with Crippen LogP contribution in [0, 0.1) is 11.8 Å². The van der Waals surface area contributed by atoms with Gasteiger partial charge in [0.2, 0.25) is 0 Å². The Hall–Kier alpha value is -0.710. The molecule has 0 amide bonds. The molecular formula is C15H31O6P. The molecule has 0 saturated heterocycles. The number of hydrogen-bond donors (Lipinski definition) is 0. The molecule has 0 aliphatic carbocycles. The predicted octanol–water partition coefficient (Wildman–Crippen LogP) is 4.08. The Bertz CT molecular complexity index is 268. The van der Waals surface area contributed by atoms with Gasteiger partial charge in [-0.1, -0.05) is 48.5 Å². The normalized spacial score (nSPS) is 10.5. The minimum atomic E-state index is -1.22. The summed E-state index contributed by atoms with van der Waals surface area (Å²) in [6, 6.07) is 0. The van der Waals surface area contributed by atoms with Gasteiger partial charge in [-0.15, -0.1) is 0 Å². The first-order chi connectivity index (χ1) is 10.4. The van der Waals surface area contributed by atoms with Gasteiger partial charge in [-0.05, 0) is 6.42 Å². The van der Waals surface area contributed by atoms with Crippen molar-refractivity contribution in [2.45, 2.75) is 54.9 Å². The maximum atomic E-state index is 11.3. The van der Waals surface area contributed by atoms with Crippen LogP contribution in [0.3, 0.4) is 0 Å². The van der Waals surface area contributed by atoms with E-state index in [0.717, 1.165) is 6.42 Å². The van der Waals surface area contributed by atoms with Crippen LogP contribution in [0.15, 0.2) is 0 Å². The second-order valence-electron chi connectivity index (χ2n) is 4.79. The second kappa shape index (κ2) is 15.2.